The van der Waals surface area contributed by atoms with Crippen molar-refractivity contribution in [2.24, 2.45) is 11.7 Å². The Bertz CT molecular complexity index is 337. The molecule has 1 rings (SSSR count). The highest BCUT2D eigenvalue weighted by Crippen LogP contribution is 2.18. The van der Waals surface area contributed by atoms with Gasteiger partial charge in [-0.2, -0.15) is 0 Å². The van der Waals surface area contributed by atoms with E-state index in [0.29, 0.717) is 5.92 Å². The minimum absolute atomic E-state index is 0.0526. The molecule has 1 atom stereocenters. The van der Waals surface area contributed by atoms with Crippen molar-refractivity contribution in [2.75, 3.05) is 33.9 Å². The molecular formula is C13H26N4O. The zero-order valence-electron chi connectivity index (χ0n) is 12.0. The first-order valence-electron chi connectivity index (χ1n) is 6.49. The number of ether oxygens (including phenoxy) is 1. The standard InChI is InChI=1S/C13H26N4O/c1-11(2)13(14)12-9-15-10-17(12)6-5-16(3)7-8-18-4/h9-11,13H,5-8,14H2,1-4H3. The maximum atomic E-state index is 6.18. The van der Waals surface area contributed by atoms with Crippen molar-refractivity contribution in [3.05, 3.63) is 18.2 Å². The summed E-state index contributed by atoms with van der Waals surface area (Å²) >= 11 is 0. The van der Waals surface area contributed by atoms with Gasteiger partial charge in [-0.1, -0.05) is 13.8 Å². The molecule has 0 saturated carbocycles. The Morgan fingerprint density at radius 2 is 2.17 bits per heavy atom. The molecule has 1 aromatic heterocycles. The Balaban J connectivity index is 2.50. The van der Waals surface area contributed by atoms with Crippen LogP contribution >= 0.6 is 0 Å². The van der Waals surface area contributed by atoms with Crippen LogP contribution in [0.1, 0.15) is 25.6 Å². The summed E-state index contributed by atoms with van der Waals surface area (Å²) in [5.41, 5.74) is 7.29. The number of hydrogen-bond acceptors (Lipinski definition) is 4. The lowest BCUT2D eigenvalue weighted by Crippen LogP contribution is -2.28. The van der Waals surface area contributed by atoms with Gasteiger partial charge in [-0.05, 0) is 13.0 Å². The Labute approximate surface area is 110 Å². The van der Waals surface area contributed by atoms with Crippen molar-refractivity contribution in [3.63, 3.8) is 0 Å². The van der Waals surface area contributed by atoms with Crippen molar-refractivity contribution in [1.29, 1.82) is 0 Å². The van der Waals surface area contributed by atoms with Crippen LogP contribution in [0.4, 0.5) is 0 Å². The van der Waals surface area contributed by atoms with Crippen LogP contribution in [-0.4, -0.2) is 48.3 Å². The largest absolute Gasteiger partial charge is 0.383 e. The van der Waals surface area contributed by atoms with Crippen molar-refractivity contribution in [1.82, 2.24) is 14.5 Å². The lowest BCUT2D eigenvalue weighted by atomic mass is 10.0. The van der Waals surface area contributed by atoms with Crippen LogP contribution in [0, 0.1) is 5.92 Å². The average Bonchev–Trinajstić information content (AvgIpc) is 2.80. The number of imidazole rings is 1. The molecule has 0 aromatic carbocycles. The summed E-state index contributed by atoms with van der Waals surface area (Å²) in [6.07, 6.45) is 3.74. The summed E-state index contributed by atoms with van der Waals surface area (Å²) in [6.45, 7) is 7.85. The SMILES string of the molecule is COCCN(C)CCn1cncc1C(N)C(C)C. The van der Waals surface area contributed by atoms with Crippen molar-refractivity contribution in [2.45, 2.75) is 26.4 Å². The quantitative estimate of drug-likeness (QED) is 0.755. The number of likely N-dealkylation sites (N-methyl/N-ethyl adjacent to an activating group) is 1. The molecule has 0 bridgehead atoms. The molecule has 0 aliphatic rings. The average molecular weight is 254 g/mol. The molecule has 0 aliphatic heterocycles. The van der Waals surface area contributed by atoms with Gasteiger partial charge in [0.05, 0.1) is 18.6 Å². The molecular weight excluding hydrogens is 228 g/mol. The van der Waals surface area contributed by atoms with E-state index in [4.69, 9.17) is 10.5 Å². The monoisotopic (exact) mass is 254 g/mol. The van der Waals surface area contributed by atoms with Crippen LogP contribution in [0.15, 0.2) is 12.5 Å². The van der Waals surface area contributed by atoms with Gasteiger partial charge >= 0.3 is 0 Å². The first-order valence-corrected chi connectivity index (χ1v) is 6.49. The normalized spacial score (nSPS) is 13.5. The third kappa shape index (κ3) is 4.40. The smallest absolute Gasteiger partial charge is 0.0949 e. The van der Waals surface area contributed by atoms with Crippen molar-refractivity contribution < 1.29 is 4.74 Å². The third-order valence-electron chi connectivity index (χ3n) is 3.20. The summed E-state index contributed by atoms with van der Waals surface area (Å²) in [5, 5.41) is 0. The third-order valence-corrected chi connectivity index (χ3v) is 3.20. The number of rotatable bonds is 8. The van der Waals surface area contributed by atoms with Gasteiger partial charge in [-0.25, -0.2) is 4.98 Å². The van der Waals surface area contributed by atoms with Gasteiger partial charge in [0.2, 0.25) is 0 Å². The van der Waals surface area contributed by atoms with Crippen molar-refractivity contribution in [3.8, 4) is 0 Å². The van der Waals surface area contributed by atoms with Gasteiger partial charge in [0.25, 0.3) is 0 Å². The van der Waals surface area contributed by atoms with E-state index in [2.05, 4.69) is 35.3 Å². The number of hydrogen-bond donors (Lipinski definition) is 1. The maximum absolute atomic E-state index is 6.18. The van der Waals surface area contributed by atoms with E-state index in [-0.39, 0.29) is 6.04 Å². The van der Waals surface area contributed by atoms with Gasteiger partial charge in [-0.15, -0.1) is 0 Å². The second kappa shape index (κ2) is 7.51. The number of aromatic nitrogens is 2. The van der Waals surface area contributed by atoms with E-state index >= 15 is 0 Å². The van der Waals surface area contributed by atoms with Gasteiger partial charge < -0.3 is 19.9 Å². The van der Waals surface area contributed by atoms with Gasteiger partial charge in [-0.3, -0.25) is 0 Å². The molecule has 5 heteroatoms. The van der Waals surface area contributed by atoms with Gasteiger partial charge in [0.15, 0.2) is 0 Å². The van der Waals surface area contributed by atoms with Crippen LogP contribution in [-0.2, 0) is 11.3 Å². The summed E-state index contributed by atoms with van der Waals surface area (Å²) in [4.78, 5) is 6.45. The van der Waals surface area contributed by atoms with Crippen LogP contribution < -0.4 is 5.73 Å². The molecule has 0 amide bonds. The van der Waals surface area contributed by atoms with E-state index in [0.717, 1.165) is 31.9 Å². The van der Waals surface area contributed by atoms with Crippen LogP contribution in [0.25, 0.3) is 0 Å². The predicted molar refractivity (Wildman–Crippen MR) is 73.4 cm³/mol. The van der Waals surface area contributed by atoms with Crippen LogP contribution in [0.5, 0.6) is 0 Å². The molecule has 104 valence electrons. The Morgan fingerprint density at radius 3 is 2.78 bits per heavy atom. The first-order chi connectivity index (χ1) is 8.56. The highest BCUT2D eigenvalue weighted by Gasteiger charge is 2.15. The fourth-order valence-corrected chi connectivity index (χ4v) is 1.77. The Hall–Kier alpha value is -0.910. The Morgan fingerprint density at radius 1 is 1.44 bits per heavy atom. The zero-order valence-corrected chi connectivity index (χ0v) is 12.0. The lowest BCUT2D eigenvalue weighted by molar-refractivity contribution is 0.159. The maximum Gasteiger partial charge on any atom is 0.0949 e. The molecule has 1 heterocycles. The molecule has 1 unspecified atom stereocenters. The Kier molecular flexibility index (Phi) is 6.32. The van der Waals surface area contributed by atoms with Gasteiger partial charge in [0.1, 0.15) is 0 Å². The minimum Gasteiger partial charge on any atom is -0.383 e. The lowest BCUT2D eigenvalue weighted by Gasteiger charge is -2.20. The van der Waals surface area contributed by atoms with Gasteiger partial charge in [0, 0.05) is 39.0 Å². The topological polar surface area (TPSA) is 56.3 Å². The van der Waals surface area contributed by atoms with Crippen molar-refractivity contribution >= 4 is 0 Å². The molecule has 2 N–H and O–H groups in total. The fourth-order valence-electron chi connectivity index (χ4n) is 1.77. The number of nitrogens with two attached hydrogens (primary N) is 1. The van der Waals surface area contributed by atoms with E-state index in [1.54, 1.807) is 7.11 Å². The molecule has 0 spiro atoms. The van der Waals surface area contributed by atoms with E-state index in [9.17, 15) is 0 Å². The summed E-state index contributed by atoms with van der Waals surface area (Å²) in [7, 11) is 3.82. The zero-order chi connectivity index (χ0) is 13.5. The molecule has 18 heavy (non-hydrogen) atoms. The minimum atomic E-state index is 0.0526. The molecule has 0 fully saturated rings. The summed E-state index contributed by atoms with van der Waals surface area (Å²) in [6, 6.07) is 0.0526. The van der Waals surface area contributed by atoms with E-state index < -0.39 is 0 Å². The fraction of sp³-hybridized carbons (Fsp3) is 0.769. The van der Waals surface area contributed by atoms with Crippen LogP contribution in [0.3, 0.4) is 0 Å². The molecule has 0 saturated heterocycles. The number of nitrogens with zero attached hydrogens (tertiary/aromatic N) is 3. The molecule has 1 aromatic rings. The molecule has 5 nitrogen and oxygen atoms in total. The molecule has 0 radical (unpaired) electrons. The second-order valence-corrected chi connectivity index (χ2v) is 5.08. The van der Waals surface area contributed by atoms with E-state index in [1.165, 1.54) is 0 Å². The first kappa shape index (κ1) is 15.1. The highest BCUT2D eigenvalue weighted by atomic mass is 16.5. The summed E-state index contributed by atoms with van der Waals surface area (Å²) in [5.74, 6) is 0.423. The highest BCUT2D eigenvalue weighted by molar-refractivity contribution is 5.05. The molecule has 0 aliphatic carbocycles. The second-order valence-electron chi connectivity index (χ2n) is 5.08. The number of methoxy groups -OCH3 is 1. The predicted octanol–water partition coefficient (Wildman–Crippen LogP) is 1.12. The van der Waals surface area contributed by atoms with Crippen LogP contribution in [0.2, 0.25) is 0 Å². The van der Waals surface area contributed by atoms with E-state index in [1.807, 2.05) is 12.5 Å². The summed E-state index contributed by atoms with van der Waals surface area (Å²) < 4.78 is 7.21.